The van der Waals surface area contributed by atoms with Crippen molar-refractivity contribution in [2.24, 2.45) is 5.73 Å². The molecule has 0 saturated carbocycles. The zero-order chi connectivity index (χ0) is 18.1. The Kier molecular flexibility index (Phi) is 6.28. The molecule has 1 saturated heterocycles. The van der Waals surface area contributed by atoms with E-state index in [2.05, 4.69) is 10.3 Å². The van der Waals surface area contributed by atoms with Crippen molar-refractivity contribution in [2.45, 2.75) is 24.6 Å². The Balaban J connectivity index is 0.00000243. The van der Waals surface area contributed by atoms with Gasteiger partial charge in [0, 0.05) is 24.2 Å². The molecule has 1 aromatic carbocycles. The number of thiazole rings is 1. The van der Waals surface area contributed by atoms with E-state index in [1.54, 1.807) is 11.4 Å². The van der Waals surface area contributed by atoms with Crippen LogP contribution in [0.5, 0.6) is 0 Å². The van der Waals surface area contributed by atoms with Gasteiger partial charge >= 0.3 is 6.18 Å². The number of nitrogens with one attached hydrogen (secondary N) is 1. The van der Waals surface area contributed by atoms with Crippen LogP contribution in [-0.2, 0) is 15.7 Å². The topological polar surface area (TPSA) is 77.2 Å². The highest BCUT2D eigenvalue weighted by atomic mass is 35.5. The van der Waals surface area contributed by atoms with E-state index in [0.29, 0.717) is 42.4 Å². The molecule has 0 spiro atoms. The van der Waals surface area contributed by atoms with Crippen molar-refractivity contribution in [2.75, 3.05) is 18.5 Å². The molecule has 2 heterocycles. The zero-order valence-electron chi connectivity index (χ0n) is 13.5. The van der Waals surface area contributed by atoms with Crippen molar-refractivity contribution in [1.82, 2.24) is 4.98 Å². The number of amides is 1. The molecule has 3 N–H and O–H groups in total. The summed E-state index contributed by atoms with van der Waals surface area (Å²) >= 11 is 1.14. The number of rotatable bonds is 3. The highest BCUT2D eigenvalue weighted by Crippen LogP contribution is 2.33. The van der Waals surface area contributed by atoms with Gasteiger partial charge in [0.05, 0.1) is 11.3 Å². The van der Waals surface area contributed by atoms with Gasteiger partial charge in [-0.25, -0.2) is 4.98 Å². The van der Waals surface area contributed by atoms with Crippen LogP contribution in [0.15, 0.2) is 29.6 Å². The van der Waals surface area contributed by atoms with Gasteiger partial charge in [0.25, 0.3) is 0 Å². The number of alkyl halides is 3. The van der Waals surface area contributed by atoms with Crippen molar-refractivity contribution < 1.29 is 22.7 Å². The van der Waals surface area contributed by atoms with Crippen molar-refractivity contribution >= 4 is 34.8 Å². The summed E-state index contributed by atoms with van der Waals surface area (Å²) in [6.07, 6.45) is -3.60. The first-order valence-electron chi connectivity index (χ1n) is 7.59. The molecule has 2 aromatic rings. The van der Waals surface area contributed by atoms with E-state index in [0.717, 1.165) is 23.5 Å². The van der Waals surface area contributed by atoms with Crippen molar-refractivity contribution in [1.29, 1.82) is 0 Å². The maximum atomic E-state index is 12.8. The Morgan fingerprint density at radius 2 is 2.00 bits per heavy atom. The molecule has 1 aromatic heterocycles. The molecule has 0 aliphatic carbocycles. The lowest BCUT2D eigenvalue weighted by Gasteiger charge is -2.31. The monoisotopic (exact) mass is 407 g/mol. The van der Waals surface area contributed by atoms with Gasteiger partial charge in [-0.15, -0.1) is 23.7 Å². The van der Waals surface area contributed by atoms with Crippen molar-refractivity contribution in [3.05, 3.63) is 35.2 Å². The van der Waals surface area contributed by atoms with Crippen LogP contribution in [0.4, 0.5) is 18.3 Å². The molecule has 3 rings (SSSR count). The lowest BCUT2D eigenvalue weighted by molar-refractivity contribution is -0.137. The highest BCUT2D eigenvalue weighted by molar-refractivity contribution is 7.14. The van der Waals surface area contributed by atoms with Crippen LogP contribution in [0.25, 0.3) is 11.3 Å². The molecule has 1 amide bonds. The van der Waals surface area contributed by atoms with Crippen molar-refractivity contribution in [3.63, 3.8) is 0 Å². The maximum Gasteiger partial charge on any atom is 0.416 e. The number of carbonyl (C=O) groups excluding carboxylic acids is 1. The average Bonchev–Trinajstić information content (AvgIpc) is 3.03. The van der Waals surface area contributed by atoms with Gasteiger partial charge in [-0.1, -0.05) is 12.1 Å². The third-order valence-electron chi connectivity index (χ3n) is 4.05. The molecule has 0 atom stereocenters. The molecule has 26 heavy (non-hydrogen) atoms. The minimum Gasteiger partial charge on any atom is -0.381 e. The lowest BCUT2D eigenvalue weighted by Crippen LogP contribution is -2.54. The number of anilines is 1. The molecular formula is C16H17ClF3N3O2S. The van der Waals surface area contributed by atoms with Gasteiger partial charge < -0.3 is 15.8 Å². The van der Waals surface area contributed by atoms with E-state index in [1.807, 2.05) is 0 Å². The zero-order valence-corrected chi connectivity index (χ0v) is 15.1. The van der Waals surface area contributed by atoms with Gasteiger partial charge in [-0.2, -0.15) is 13.2 Å². The van der Waals surface area contributed by atoms with E-state index in [9.17, 15) is 18.0 Å². The van der Waals surface area contributed by atoms with Crippen molar-refractivity contribution in [3.8, 4) is 11.3 Å². The number of carbonyl (C=O) groups is 1. The first-order valence-corrected chi connectivity index (χ1v) is 8.47. The lowest BCUT2D eigenvalue weighted by atomic mass is 9.90. The second-order valence-electron chi connectivity index (χ2n) is 5.84. The second-order valence-corrected chi connectivity index (χ2v) is 6.70. The van der Waals surface area contributed by atoms with Crippen LogP contribution in [0.3, 0.4) is 0 Å². The molecule has 142 valence electrons. The number of halogens is 4. The van der Waals surface area contributed by atoms with E-state index in [4.69, 9.17) is 10.5 Å². The first-order chi connectivity index (χ1) is 11.8. The predicted octanol–water partition coefficient (Wildman–Crippen LogP) is 3.70. The minimum absolute atomic E-state index is 0. The van der Waals surface area contributed by atoms with Gasteiger partial charge in [0.15, 0.2) is 5.13 Å². The number of benzene rings is 1. The average molecular weight is 408 g/mol. The van der Waals surface area contributed by atoms with Crippen LogP contribution >= 0.6 is 23.7 Å². The predicted molar refractivity (Wildman–Crippen MR) is 95.4 cm³/mol. The molecule has 0 radical (unpaired) electrons. The van der Waals surface area contributed by atoms with E-state index >= 15 is 0 Å². The fraction of sp³-hybridized carbons (Fsp3) is 0.375. The Morgan fingerprint density at radius 1 is 1.31 bits per heavy atom. The summed E-state index contributed by atoms with van der Waals surface area (Å²) in [6, 6.07) is 4.90. The number of hydrogen-bond donors (Lipinski definition) is 2. The Labute approximate surface area is 158 Å². The summed E-state index contributed by atoms with van der Waals surface area (Å²) in [4.78, 5) is 16.5. The summed E-state index contributed by atoms with van der Waals surface area (Å²) in [5, 5.41) is 4.55. The summed E-state index contributed by atoms with van der Waals surface area (Å²) in [6.45, 7) is 0.828. The summed E-state index contributed by atoms with van der Waals surface area (Å²) in [7, 11) is 0. The maximum absolute atomic E-state index is 12.8. The van der Waals surface area contributed by atoms with Gasteiger partial charge in [-0.3, -0.25) is 4.79 Å². The van der Waals surface area contributed by atoms with Crippen LogP contribution < -0.4 is 11.1 Å². The van der Waals surface area contributed by atoms with Gasteiger partial charge in [0.2, 0.25) is 5.91 Å². The van der Waals surface area contributed by atoms with E-state index in [-0.39, 0.29) is 18.3 Å². The normalized spacial score (nSPS) is 16.6. The molecular weight excluding hydrogens is 391 g/mol. The van der Waals surface area contributed by atoms with E-state index < -0.39 is 17.3 Å². The third kappa shape index (κ3) is 4.53. The standard InChI is InChI=1S/C16H16F3N3O2S.ClH/c17-16(18,19)11-3-1-2-10(8-11)12-9-25-14(21-12)22-13(23)15(20)4-6-24-7-5-15;/h1-3,8-9H,4-7,20H2,(H,21,22,23);1H. The first kappa shape index (κ1) is 20.6. The number of nitrogens with zero attached hydrogens (tertiary/aromatic N) is 1. The molecule has 0 unspecified atom stereocenters. The fourth-order valence-electron chi connectivity index (χ4n) is 2.50. The largest absolute Gasteiger partial charge is 0.416 e. The molecule has 5 nitrogen and oxygen atoms in total. The summed E-state index contributed by atoms with van der Waals surface area (Å²) in [5.41, 5.74) is 5.04. The van der Waals surface area contributed by atoms with Crippen LogP contribution in [0.1, 0.15) is 18.4 Å². The summed E-state index contributed by atoms with van der Waals surface area (Å²) < 4.78 is 43.6. The van der Waals surface area contributed by atoms with Gasteiger partial charge in [0.1, 0.15) is 5.54 Å². The molecule has 10 heteroatoms. The van der Waals surface area contributed by atoms with Crippen LogP contribution in [-0.4, -0.2) is 29.6 Å². The smallest absolute Gasteiger partial charge is 0.381 e. The molecule has 1 aliphatic heterocycles. The van der Waals surface area contributed by atoms with Crippen LogP contribution in [0, 0.1) is 0 Å². The van der Waals surface area contributed by atoms with Gasteiger partial charge in [-0.05, 0) is 25.0 Å². The summed E-state index contributed by atoms with van der Waals surface area (Å²) in [5.74, 6) is -0.360. The molecule has 0 bridgehead atoms. The number of ether oxygens (including phenoxy) is 1. The second kappa shape index (κ2) is 7.91. The fourth-order valence-corrected chi connectivity index (χ4v) is 3.22. The minimum atomic E-state index is -4.42. The quantitative estimate of drug-likeness (QED) is 0.813. The SMILES string of the molecule is Cl.NC1(C(=O)Nc2nc(-c3cccc(C(F)(F)F)c3)cs2)CCOCC1. The molecule has 1 fully saturated rings. The Morgan fingerprint density at radius 3 is 2.65 bits per heavy atom. The number of hydrogen-bond acceptors (Lipinski definition) is 5. The third-order valence-corrected chi connectivity index (χ3v) is 4.81. The highest BCUT2D eigenvalue weighted by Gasteiger charge is 2.36. The number of aromatic nitrogens is 1. The number of nitrogens with two attached hydrogens (primary N) is 1. The Hall–Kier alpha value is -1.68. The molecule has 1 aliphatic rings. The van der Waals surface area contributed by atoms with Crippen LogP contribution in [0.2, 0.25) is 0 Å². The Bertz CT molecular complexity index is 776. The van der Waals surface area contributed by atoms with E-state index in [1.165, 1.54) is 6.07 Å².